The smallest absolute Gasteiger partial charge is 0.410 e. The van der Waals surface area contributed by atoms with Gasteiger partial charge in [-0.1, -0.05) is 0 Å². The number of carbonyl (C=O) groups is 2. The van der Waals surface area contributed by atoms with Crippen LogP contribution in [0.2, 0.25) is 0 Å². The van der Waals surface area contributed by atoms with Gasteiger partial charge in [0.25, 0.3) is 0 Å². The van der Waals surface area contributed by atoms with Gasteiger partial charge < -0.3 is 19.5 Å². The van der Waals surface area contributed by atoms with Crippen LogP contribution in [0.25, 0.3) is 0 Å². The molecule has 1 heterocycles. The van der Waals surface area contributed by atoms with Gasteiger partial charge in [-0.3, -0.25) is 4.79 Å². The number of methoxy groups -OCH3 is 1. The van der Waals surface area contributed by atoms with Crippen LogP contribution in [0.3, 0.4) is 0 Å². The molecule has 1 N–H and O–H groups in total. The van der Waals surface area contributed by atoms with Crippen LogP contribution in [0.15, 0.2) is 0 Å². The summed E-state index contributed by atoms with van der Waals surface area (Å²) in [6.45, 7) is 5.68. The van der Waals surface area contributed by atoms with E-state index in [1.165, 1.54) is 12.0 Å². The zero-order valence-electron chi connectivity index (χ0n) is 10.6. The first kappa shape index (κ1) is 13.8. The maximum absolute atomic E-state index is 11.7. The number of aliphatic carboxylic acids is 1. The quantitative estimate of drug-likeness (QED) is 0.784. The van der Waals surface area contributed by atoms with E-state index in [4.69, 9.17) is 14.6 Å². The molecule has 6 nitrogen and oxygen atoms in total. The number of rotatable bonds is 2. The Bertz CT molecular complexity index is 309. The Morgan fingerprint density at radius 3 is 2.24 bits per heavy atom. The minimum atomic E-state index is -0.956. The van der Waals surface area contributed by atoms with E-state index < -0.39 is 29.7 Å². The average Bonchev–Trinajstić information content (AvgIpc) is 2.58. The molecule has 0 aromatic carbocycles. The maximum Gasteiger partial charge on any atom is 0.410 e. The van der Waals surface area contributed by atoms with Crippen molar-refractivity contribution in [2.24, 2.45) is 5.92 Å². The summed E-state index contributed by atoms with van der Waals surface area (Å²) in [5, 5.41) is 8.99. The zero-order chi connectivity index (χ0) is 13.2. The summed E-state index contributed by atoms with van der Waals surface area (Å²) in [7, 11) is 1.44. The maximum atomic E-state index is 11.7. The third-order valence-electron chi connectivity index (χ3n) is 2.54. The molecule has 6 heteroatoms. The molecule has 17 heavy (non-hydrogen) atoms. The van der Waals surface area contributed by atoms with E-state index in [-0.39, 0.29) is 13.1 Å². The van der Waals surface area contributed by atoms with Crippen molar-refractivity contribution >= 4 is 12.1 Å². The number of ether oxygens (including phenoxy) is 2. The molecule has 98 valence electrons. The lowest BCUT2D eigenvalue weighted by molar-refractivity contribution is -0.144. The Hall–Kier alpha value is -1.30. The molecule has 0 spiro atoms. The topological polar surface area (TPSA) is 76.1 Å². The molecule has 1 aliphatic rings. The van der Waals surface area contributed by atoms with Crippen molar-refractivity contribution in [1.29, 1.82) is 0 Å². The molecule has 0 aliphatic carbocycles. The van der Waals surface area contributed by atoms with Gasteiger partial charge in [0, 0.05) is 13.7 Å². The highest BCUT2D eigenvalue weighted by atomic mass is 16.6. The number of hydrogen-bond donors (Lipinski definition) is 1. The van der Waals surface area contributed by atoms with E-state index in [9.17, 15) is 9.59 Å². The molecule has 2 unspecified atom stereocenters. The Balaban J connectivity index is 2.64. The van der Waals surface area contributed by atoms with Gasteiger partial charge in [0.05, 0.1) is 12.6 Å². The predicted octanol–water partition coefficient (Wildman–Crippen LogP) is 0.953. The van der Waals surface area contributed by atoms with Crippen molar-refractivity contribution in [3.63, 3.8) is 0 Å². The fourth-order valence-corrected chi connectivity index (χ4v) is 1.73. The highest BCUT2D eigenvalue weighted by Gasteiger charge is 2.41. The molecule has 0 aromatic heterocycles. The van der Waals surface area contributed by atoms with Gasteiger partial charge in [0.15, 0.2) is 0 Å². The van der Waals surface area contributed by atoms with Gasteiger partial charge in [-0.2, -0.15) is 0 Å². The molecule has 0 bridgehead atoms. The minimum Gasteiger partial charge on any atom is -0.481 e. The summed E-state index contributed by atoms with van der Waals surface area (Å²) >= 11 is 0. The second-order valence-corrected chi connectivity index (χ2v) is 5.10. The van der Waals surface area contributed by atoms with Crippen LogP contribution in [-0.4, -0.2) is 54.0 Å². The summed E-state index contributed by atoms with van der Waals surface area (Å²) in [5.74, 6) is -1.64. The van der Waals surface area contributed by atoms with E-state index in [1.807, 2.05) is 0 Å². The van der Waals surface area contributed by atoms with Crippen molar-refractivity contribution in [3.8, 4) is 0 Å². The highest BCUT2D eigenvalue weighted by molar-refractivity contribution is 5.75. The molecular weight excluding hydrogens is 226 g/mol. The van der Waals surface area contributed by atoms with E-state index in [0.29, 0.717) is 0 Å². The van der Waals surface area contributed by atoms with Crippen LogP contribution < -0.4 is 0 Å². The van der Waals surface area contributed by atoms with Crippen LogP contribution in [0.4, 0.5) is 4.79 Å². The van der Waals surface area contributed by atoms with Crippen LogP contribution in [0.1, 0.15) is 20.8 Å². The largest absolute Gasteiger partial charge is 0.481 e. The van der Waals surface area contributed by atoms with Crippen LogP contribution in [-0.2, 0) is 14.3 Å². The Morgan fingerprint density at radius 2 is 1.88 bits per heavy atom. The molecule has 1 aliphatic heterocycles. The molecular formula is C11H19NO5. The predicted molar refractivity (Wildman–Crippen MR) is 59.7 cm³/mol. The Labute approximate surface area is 100 Å². The van der Waals surface area contributed by atoms with Crippen LogP contribution >= 0.6 is 0 Å². The lowest BCUT2D eigenvalue weighted by Gasteiger charge is -2.24. The molecule has 0 aromatic rings. The van der Waals surface area contributed by atoms with Crippen LogP contribution in [0.5, 0.6) is 0 Å². The first-order valence-corrected chi connectivity index (χ1v) is 5.48. The van der Waals surface area contributed by atoms with E-state index in [2.05, 4.69) is 0 Å². The second-order valence-electron chi connectivity index (χ2n) is 5.10. The molecule has 0 saturated carbocycles. The fraction of sp³-hybridized carbons (Fsp3) is 0.818. The first-order chi connectivity index (χ1) is 7.74. The van der Waals surface area contributed by atoms with Gasteiger partial charge >= 0.3 is 12.1 Å². The number of nitrogens with zero attached hydrogens (tertiary/aromatic N) is 1. The Kier molecular flexibility index (Phi) is 3.98. The monoisotopic (exact) mass is 245 g/mol. The molecule has 1 amide bonds. The number of carbonyl (C=O) groups excluding carboxylic acids is 1. The SMILES string of the molecule is COC1CN(C(=O)OC(C)(C)C)CC1C(=O)O. The number of hydrogen-bond acceptors (Lipinski definition) is 4. The first-order valence-electron chi connectivity index (χ1n) is 5.48. The molecule has 1 saturated heterocycles. The van der Waals surface area contributed by atoms with Crippen LogP contribution in [0, 0.1) is 5.92 Å². The zero-order valence-corrected chi connectivity index (χ0v) is 10.6. The molecule has 0 radical (unpaired) electrons. The summed E-state index contributed by atoms with van der Waals surface area (Å²) in [6, 6.07) is 0. The van der Waals surface area contributed by atoms with Gasteiger partial charge in [-0.15, -0.1) is 0 Å². The lowest BCUT2D eigenvalue weighted by atomic mass is 10.1. The summed E-state index contributed by atoms with van der Waals surface area (Å²) in [5.41, 5.74) is -0.582. The van der Waals surface area contributed by atoms with E-state index >= 15 is 0 Å². The van der Waals surface area contributed by atoms with Crippen molar-refractivity contribution in [1.82, 2.24) is 4.90 Å². The number of carboxylic acid groups (broad SMARTS) is 1. The van der Waals surface area contributed by atoms with Crippen molar-refractivity contribution < 1.29 is 24.2 Å². The van der Waals surface area contributed by atoms with Gasteiger partial charge in [0.2, 0.25) is 0 Å². The minimum absolute atomic E-state index is 0.128. The summed E-state index contributed by atoms with van der Waals surface area (Å²) < 4.78 is 10.2. The third-order valence-corrected chi connectivity index (χ3v) is 2.54. The molecule has 2 atom stereocenters. The Morgan fingerprint density at radius 1 is 1.29 bits per heavy atom. The summed E-state index contributed by atoms with van der Waals surface area (Å²) in [6.07, 6.45) is -0.969. The van der Waals surface area contributed by atoms with Gasteiger partial charge in [-0.25, -0.2) is 4.79 Å². The second kappa shape index (κ2) is 4.91. The van der Waals surface area contributed by atoms with E-state index in [0.717, 1.165) is 0 Å². The summed E-state index contributed by atoms with van der Waals surface area (Å²) in [4.78, 5) is 24.1. The lowest BCUT2D eigenvalue weighted by Crippen LogP contribution is -2.36. The normalized spacial score (nSPS) is 24.8. The van der Waals surface area contributed by atoms with Crippen molar-refractivity contribution in [2.75, 3.05) is 20.2 Å². The molecule has 1 rings (SSSR count). The average molecular weight is 245 g/mol. The van der Waals surface area contributed by atoms with E-state index in [1.54, 1.807) is 20.8 Å². The third kappa shape index (κ3) is 3.59. The number of likely N-dealkylation sites (tertiary alicyclic amines) is 1. The van der Waals surface area contributed by atoms with Gasteiger partial charge in [-0.05, 0) is 20.8 Å². The standard InChI is InChI=1S/C11H19NO5/c1-11(2,3)17-10(15)12-5-7(9(13)14)8(6-12)16-4/h7-8H,5-6H2,1-4H3,(H,13,14). The number of carboxylic acids is 1. The number of amides is 1. The highest BCUT2D eigenvalue weighted by Crippen LogP contribution is 2.22. The van der Waals surface area contributed by atoms with Gasteiger partial charge in [0.1, 0.15) is 11.5 Å². The fourth-order valence-electron chi connectivity index (χ4n) is 1.73. The van der Waals surface area contributed by atoms with Crippen molar-refractivity contribution in [3.05, 3.63) is 0 Å². The van der Waals surface area contributed by atoms with Crippen molar-refractivity contribution in [2.45, 2.75) is 32.5 Å². The molecule has 1 fully saturated rings.